The third-order valence-corrected chi connectivity index (χ3v) is 3.10. The molecule has 2 rings (SSSR count). The van der Waals surface area contributed by atoms with Gasteiger partial charge in [-0.05, 0) is 31.2 Å². The van der Waals surface area contributed by atoms with Crippen molar-refractivity contribution in [2.75, 3.05) is 25.7 Å². The molecule has 1 heterocycles. The lowest BCUT2D eigenvalue weighted by atomic mass is 10.2. The fraction of sp³-hybridized carbons (Fsp3) is 0.333. The van der Waals surface area contributed by atoms with Gasteiger partial charge in [0, 0.05) is 18.9 Å². The highest BCUT2D eigenvalue weighted by Gasteiger charge is 2.36. The fourth-order valence-electron chi connectivity index (χ4n) is 1.94. The van der Waals surface area contributed by atoms with Gasteiger partial charge >= 0.3 is 12.2 Å². The first kappa shape index (κ1) is 16.9. The number of rotatable bonds is 5. The van der Waals surface area contributed by atoms with Crippen LogP contribution in [0.25, 0.3) is 0 Å². The first-order valence-corrected chi connectivity index (χ1v) is 6.81. The van der Waals surface area contributed by atoms with Crippen molar-refractivity contribution in [2.45, 2.75) is 13.1 Å². The van der Waals surface area contributed by atoms with E-state index in [1.807, 2.05) is 0 Å². The largest absolute Gasteiger partial charge is 0.497 e. The van der Waals surface area contributed by atoms with E-state index in [9.17, 15) is 13.2 Å². The van der Waals surface area contributed by atoms with Crippen LogP contribution in [0.15, 0.2) is 30.5 Å². The number of halogens is 3. The zero-order valence-electron chi connectivity index (χ0n) is 12.9. The Kier molecular flexibility index (Phi) is 4.92. The second-order valence-corrected chi connectivity index (χ2v) is 4.58. The molecule has 0 atom stereocenters. The molecule has 0 spiro atoms. The number of aromatic nitrogens is 2. The van der Waals surface area contributed by atoms with Gasteiger partial charge < -0.3 is 14.4 Å². The predicted octanol–water partition coefficient (Wildman–Crippen LogP) is 3.67. The Labute approximate surface area is 131 Å². The maximum absolute atomic E-state index is 13.2. The van der Waals surface area contributed by atoms with Crippen LogP contribution < -0.4 is 14.4 Å². The summed E-state index contributed by atoms with van der Waals surface area (Å²) in [5, 5.41) is 0. The van der Waals surface area contributed by atoms with Crippen LogP contribution in [-0.2, 0) is 6.18 Å². The van der Waals surface area contributed by atoms with E-state index >= 15 is 0 Å². The van der Waals surface area contributed by atoms with Gasteiger partial charge in [0.05, 0.1) is 13.7 Å². The summed E-state index contributed by atoms with van der Waals surface area (Å²) in [6, 6.07) is 6.49. The first-order chi connectivity index (χ1) is 10.9. The number of alkyl halides is 3. The molecule has 0 radical (unpaired) electrons. The fourth-order valence-corrected chi connectivity index (χ4v) is 1.94. The zero-order valence-corrected chi connectivity index (χ0v) is 12.9. The number of nitrogens with zero attached hydrogens (tertiary/aromatic N) is 3. The van der Waals surface area contributed by atoms with Gasteiger partial charge in [0.25, 0.3) is 0 Å². The molecular weight excluding hydrogens is 311 g/mol. The van der Waals surface area contributed by atoms with Gasteiger partial charge in [-0.3, -0.25) is 0 Å². The monoisotopic (exact) mass is 327 g/mol. The van der Waals surface area contributed by atoms with Gasteiger partial charge in [0.2, 0.25) is 0 Å². The molecular formula is C15H16F3N3O2. The van der Waals surface area contributed by atoms with Crippen LogP contribution in [0.2, 0.25) is 0 Å². The third-order valence-electron chi connectivity index (χ3n) is 3.10. The minimum Gasteiger partial charge on any atom is -0.497 e. The molecule has 5 nitrogen and oxygen atoms in total. The highest BCUT2D eigenvalue weighted by atomic mass is 19.4. The molecule has 0 saturated heterocycles. The van der Waals surface area contributed by atoms with Crippen molar-refractivity contribution in [3.63, 3.8) is 0 Å². The van der Waals surface area contributed by atoms with Crippen molar-refractivity contribution in [3.05, 3.63) is 36.0 Å². The van der Waals surface area contributed by atoms with Crippen LogP contribution in [0, 0.1) is 0 Å². The maximum Gasteiger partial charge on any atom is 0.421 e. The molecule has 1 aromatic carbocycles. The maximum atomic E-state index is 13.2. The minimum atomic E-state index is -4.57. The van der Waals surface area contributed by atoms with Crippen molar-refractivity contribution in [2.24, 2.45) is 0 Å². The van der Waals surface area contributed by atoms with E-state index in [2.05, 4.69) is 9.97 Å². The van der Waals surface area contributed by atoms with E-state index in [-0.39, 0.29) is 18.4 Å². The molecule has 0 fully saturated rings. The van der Waals surface area contributed by atoms with Gasteiger partial charge in [-0.15, -0.1) is 0 Å². The molecule has 0 amide bonds. The summed E-state index contributed by atoms with van der Waals surface area (Å²) in [7, 11) is 3.01. The van der Waals surface area contributed by atoms with Gasteiger partial charge in [-0.1, -0.05) is 0 Å². The summed E-state index contributed by atoms with van der Waals surface area (Å²) in [6.07, 6.45) is -3.84. The number of hydrogen-bond acceptors (Lipinski definition) is 5. The second kappa shape index (κ2) is 6.72. The highest BCUT2D eigenvalue weighted by Crippen LogP contribution is 2.37. The Bertz CT molecular complexity index is 660. The van der Waals surface area contributed by atoms with E-state index in [1.54, 1.807) is 31.2 Å². The van der Waals surface area contributed by atoms with Gasteiger partial charge in [-0.2, -0.15) is 18.2 Å². The minimum absolute atomic E-state index is 0.101. The molecule has 0 aliphatic heterocycles. The molecule has 1 aromatic heterocycles. The van der Waals surface area contributed by atoms with Crippen molar-refractivity contribution in [1.82, 2.24) is 9.97 Å². The first-order valence-electron chi connectivity index (χ1n) is 6.81. The summed E-state index contributed by atoms with van der Waals surface area (Å²) in [6.45, 7) is 1.96. The zero-order chi connectivity index (χ0) is 17.0. The third kappa shape index (κ3) is 3.82. The quantitative estimate of drug-likeness (QED) is 0.838. The molecule has 0 aliphatic carbocycles. The van der Waals surface area contributed by atoms with Crippen molar-refractivity contribution in [3.8, 4) is 11.8 Å². The summed E-state index contributed by atoms with van der Waals surface area (Å²) in [5.41, 5.74) is -0.406. The molecule has 0 aliphatic rings. The number of hydrogen-bond donors (Lipinski definition) is 0. The Balaban J connectivity index is 2.46. The Morgan fingerprint density at radius 2 is 1.83 bits per heavy atom. The molecule has 23 heavy (non-hydrogen) atoms. The van der Waals surface area contributed by atoms with E-state index in [4.69, 9.17) is 9.47 Å². The van der Waals surface area contributed by atoms with Crippen molar-refractivity contribution >= 4 is 11.5 Å². The van der Waals surface area contributed by atoms with Crippen LogP contribution in [-0.4, -0.2) is 30.7 Å². The van der Waals surface area contributed by atoms with Gasteiger partial charge in [0.15, 0.2) is 5.82 Å². The molecule has 0 N–H and O–H groups in total. The molecule has 8 heteroatoms. The van der Waals surface area contributed by atoms with E-state index in [0.717, 1.165) is 6.20 Å². The summed E-state index contributed by atoms with van der Waals surface area (Å²) in [5.74, 6) is 0.331. The van der Waals surface area contributed by atoms with Crippen LogP contribution in [0.5, 0.6) is 11.8 Å². The number of benzene rings is 1. The van der Waals surface area contributed by atoms with E-state index in [1.165, 1.54) is 19.1 Å². The van der Waals surface area contributed by atoms with Crippen molar-refractivity contribution < 1.29 is 22.6 Å². The molecule has 124 valence electrons. The standard InChI is InChI=1S/C15H16F3N3O2/c1-4-23-14-19-9-12(15(16,17)18)13(20-14)21(2)10-5-7-11(22-3)8-6-10/h5-9H,4H2,1-3H3. The van der Waals surface area contributed by atoms with Crippen LogP contribution in [0.1, 0.15) is 12.5 Å². The molecule has 0 unspecified atom stereocenters. The summed E-state index contributed by atoms with van der Waals surface area (Å²) in [4.78, 5) is 8.81. The second-order valence-electron chi connectivity index (χ2n) is 4.58. The lowest BCUT2D eigenvalue weighted by Gasteiger charge is -2.22. The number of anilines is 2. The lowest BCUT2D eigenvalue weighted by molar-refractivity contribution is -0.137. The van der Waals surface area contributed by atoms with E-state index in [0.29, 0.717) is 11.4 Å². The van der Waals surface area contributed by atoms with Crippen LogP contribution in [0.3, 0.4) is 0 Å². The molecule has 2 aromatic rings. The topological polar surface area (TPSA) is 47.5 Å². The van der Waals surface area contributed by atoms with Gasteiger partial charge in [-0.25, -0.2) is 4.98 Å². The molecule has 0 saturated carbocycles. The average molecular weight is 327 g/mol. The summed E-state index contributed by atoms with van der Waals surface area (Å²) < 4.78 is 49.7. The van der Waals surface area contributed by atoms with Crippen LogP contribution in [0.4, 0.5) is 24.7 Å². The smallest absolute Gasteiger partial charge is 0.421 e. The predicted molar refractivity (Wildman–Crippen MR) is 79.3 cm³/mol. The van der Waals surface area contributed by atoms with Gasteiger partial charge in [0.1, 0.15) is 11.3 Å². The van der Waals surface area contributed by atoms with Crippen molar-refractivity contribution in [1.29, 1.82) is 0 Å². The number of ether oxygens (including phenoxy) is 2. The average Bonchev–Trinajstić information content (AvgIpc) is 2.53. The highest BCUT2D eigenvalue weighted by molar-refractivity contribution is 5.63. The summed E-state index contributed by atoms with van der Waals surface area (Å²) >= 11 is 0. The lowest BCUT2D eigenvalue weighted by Crippen LogP contribution is -2.19. The number of methoxy groups -OCH3 is 1. The normalized spacial score (nSPS) is 11.2. The molecule has 0 bridgehead atoms. The Morgan fingerprint density at radius 1 is 1.17 bits per heavy atom. The Morgan fingerprint density at radius 3 is 2.35 bits per heavy atom. The Hall–Kier alpha value is -2.51. The SMILES string of the molecule is CCOc1ncc(C(F)(F)F)c(N(C)c2ccc(OC)cc2)n1. The van der Waals surface area contributed by atoms with Crippen LogP contribution >= 0.6 is 0 Å². The van der Waals surface area contributed by atoms with E-state index < -0.39 is 11.7 Å².